The van der Waals surface area contributed by atoms with E-state index < -0.39 is 0 Å². The van der Waals surface area contributed by atoms with E-state index >= 15 is 0 Å². The van der Waals surface area contributed by atoms with Gasteiger partial charge in [-0.25, -0.2) is 0 Å². The first-order valence-corrected chi connectivity index (χ1v) is 5.87. The zero-order valence-corrected chi connectivity index (χ0v) is 10.9. The first kappa shape index (κ1) is 14.7. The Morgan fingerprint density at radius 1 is 1.40 bits per heavy atom. The van der Waals surface area contributed by atoms with Gasteiger partial charge in [-0.3, -0.25) is 4.79 Å². The Labute approximate surface area is 97.7 Å². The Balaban J connectivity index is 4.40. The zero-order chi connectivity index (χ0) is 11.9. The molecule has 0 aliphatic carbocycles. The molecule has 0 saturated carbocycles. The van der Waals surface area contributed by atoms with Crippen LogP contribution in [-0.4, -0.2) is 43.5 Å². The minimum Gasteiger partial charge on any atom is -0.383 e. The number of rotatable bonds is 7. The standard InChI is InChI=1S/C11H22ClNO2/c1-5-11(2,3)10(14)13(7-6-12)8-9-15-4/h5-9H2,1-4H3. The maximum atomic E-state index is 12.1. The molecule has 90 valence electrons. The number of alkyl halides is 1. The Morgan fingerprint density at radius 2 is 2.00 bits per heavy atom. The molecular weight excluding hydrogens is 214 g/mol. The Kier molecular flexibility index (Phi) is 6.94. The number of hydrogen-bond acceptors (Lipinski definition) is 2. The summed E-state index contributed by atoms with van der Waals surface area (Å²) in [5, 5.41) is 0. The molecule has 0 radical (unpaired) electrons. The molecule has 0 saturated heterocycles. The van der Waals surface area contributed by atoms with Gasteiger partial charge in [-0.15, -0.1) is 11.6 Å². The molecule has 0 bridgehead atoms. The van der Waals surface area contributed by atoms with Gasteiger partial charge in [-0.2, -0.15) is 0 Å². The summed E-state index contributed by atoms with van der Waals surface area (Å²) in [6, 6.07) is 0. The van der Waals surface area contributed by atoms with Gasteiger partial charge < -0.3 is 9.64 Å². The van der Waals surface area contributed by atoms with Gasteiger partial charge in [0.1, 0.15) is 0 Å². The van der Waals surface area contributed by atoms with E-state index in [9.17, 15) is 4.79 Å². The van der Waals surface area contributed by atoms with Gasteiger partial charge in [0.25, 0.3) is 0 Å². The number of amides is 1. The van der Waals surface area contributed by atoms with Crippen LogP contribution in [-0.2, 0) is 9.53 Å². The molecule has 0 aromatic carbocycles. The lowest BCUT2D eigenvalue weighted by molar-refractivity contribution is -0.140. The van der Waals surface area contributed by atoms with Crippen molar-refractivity contribution in [2.45, 2.75) is 27.2 Å². The minimum absolute atomic E-state index is 0.155. The summed E-state index contributed by atoms with van der Waals surface area (Å²) in [7, 11) is 1.63. The Hall–Kier alpha value is -0.280. The quantitative estimate of drug-likeness (QED) is 0.633. The van der Waals surface area contributed by atoms with Gasteiger partial charge in [0.2, 0.25) is 5.91 Å². The Bertz CT molecular complexity index is 195. The summed E-state index contributed by atoms with van der Waals surface area (Å²) < 4.78 is 4.98. The molecule has 0 aromatic heterocycles. The topological polar surface area (TPSA) is 29.5 Å². The van der Waals surface area contributed by atoms with Crippen LogP contribution in [0.5, 0.6) is 0 Å². The van der Waals surface area contributed by atoms with Crippen LogP contribution in [0.4, 0.5) is 0 Å². The average molecular weight is 236 g/mol. The molecule has 0 N–H and O–H groups in total. The van der Waals surface area contributed by atoms with Crippen molar-refractivity contribution in [1.29, 1.82) is 0 Å². The lowest BCUT2D eigenvalue weighted by Crippen LogP contribution is -2.43. The lowest BCUT2D eigenvalue weighted by Gasteiger charge is -2.30. The largest absolute Gasteiger partial charge is 0.383 e. The molecule has 0 unspecified atom stereocenters. The van der Waals surface area contributed by atoms with Gasteiger partial charge in [0.15, 0.2) is 0 Å². The molecule has 15 heavy (non-hydrogen) atoms. The number of methoxy groups -OCH3 is 1. The van der Waals surface area contributed by atoms with Gasteiger partial charge in [-0.05, 0) is 6.42 Å². The predicted octanol–water partition coefficient (Wildman–Crippen LogP) is 2.14. The third kappa shape index (κ3) is 4.85. The van der Waals surface area contributed by atoms with E-state index in [2.05, 4.69) is 0 Å². The van der Waals surface area contributed by atoms with Gasteiger partial charge in [-0.1, -0.05) is 20.8 Å². The number of carbonyl (C=O) groups excluding carboxylic acids is 1. The van der Waals surface area contributed by atoms with Crippen molar-refractivity contribution in [3.8, 4) is 0 Å². The first-order valence-electron chi connectivity index (χ1n) is 5.34. The predicted molar refractivity (Wildman–Crippen MR) is 63.2 cm³/mol. The van der Waals surface area contributed by atoms with E-state index in [1.807, 2.05) is 20.8 Å². The van der Waals surface area contributed by atoms with Crippen LogP contribution in [0.1, 0.15) is 27.2 Å². The summed E-state index contributed by atoms with van der Waals surface area (Å²) in [6.07, 6.45) is 0.831. The van der Waals surface area contributed by atoms with E-state index in [-0.39, 0.29) is 11.3 Å². The monoisotopic (exact) mass is 235 g/mol. The minimum atomic E-state index is -0.306. The summed E-state index contributed by atoms with van der Waals surface area (Å²) in [6.45, 7) is 7.71. The van der Waals surface area contributed by atoms with Gasteiger partial charge in [0.05, 0.1) is 6.61 Å². The van der Waals surface area contributed by atoms with Crippen molar-refractivity contribution in [2.24, 2.45) is 5.41 Å². The van der Waals surface area contributed by atoms with Crippen LogP contribution in [0.15, 0.2) is 0 Å². The van der Waals surface area contributed by atoms with Crippen molar-refractivity contribution < 1.29 is 9.53 Å². The van der Waals surface area contributed by atoms with E-state index in [1.54, 1.807) is 12.0 Å². The SMILES string of the molecule is CCC(C)(C)C(=O)N(CCCl)CCOC. The molecule has 0 fully saturated rings. The fourth-order valence-electron chi connectivity index (χ4n) is 1.20. The van der Waals surface area contributed by atoms with Crippen LogP contribution in [0, 0.1) is 5.41 Å². The molecule has 0 atom stereocenters. The summed E-state index contributed by atoms with van der Waals surface area (Å²) in [5.74, 6) is 0.623. The second-order valence-electron chi connectivity index (χ2n) is 4.21. The van der Waals surface area contributed by atoms with Crippen molar-refractivity contribution >= 4 is 17.5 Å². The molecule has 0 aromatic rings. The third-order valence-electron chi connectivity index (χ3n) is 2.67. The molecular formula is C11H22ClNO2. The lowest BCUT2D eigenvalue weighted by atomic mass is 9.88. The van der Waals surface area contributed by atoms with E-state index in [0.29, 0.717) is 25.6 Å². The van der Waals surface area contributed by atoms with Gasteiger partial charge in [0, 0.05) is 31.5 Å². The van der Waals surface area contributed by atoms with Crippen molar-refractivity contribution in [1.82, 2.24) is 4.90 Å². The first-order chi connectivity index (χ1) is 6.99. The number of hydrogen-bond donors (Lipinski definition) is 0. The zero-order valence-electron chi connectivity index (χ0n) is 10.2. The summed E-state index contributed by atoms with van der Waals surface area (Å²) >= 11 is 5.68. The van der Waals surface area contributed by atoms with E-state index in [0.717, 1.165) is 6.42 Å². The third-order valence-corrected chi connectivity index (χ3v) is 2.84. The van der Waals surface area contributed by atoms with Crippen LogP contribution >= 0.6 is 11.6 Å². The highest BCUT2D eigenvalue weighted by Crippen LogP contribution is 2.22. The highest BCUT2D eigenvalue weighted by atomic mass is 35.5. The molecule has 0 aliphatic heterocycles. The van der Waals surface area contributed by atoms with Crippen molar-refractivity contribution in [3.63, 3.8) is 0 Å². The second kappa shape index (κ2) is 7.07. The van der Waals surface area contributed by atoms with E-state index in [4.69, 9.17) is 16.3 Å². The van der Waals surface area contributed by atoms with Gasteiger partial charge >= 0.3 is 0 Å². The van der Waals surface area contributed by atoms with E-state index in [1.165, 1.54) is 0 Å². The highest BCUT2D eigenvalue weighted by Gasteiger charge is 2.29. The number of ether oxygens (including phenoxy) is 1. The molecule has 4 heteroatoms. The number of nitrogens with zero attached hydrogens (tertiary/aromatic N) is 1. The van der Waals surface area contributed by atoms with Crippen LogP contribution < -0.4 is 0 Å². The summed E-state index contributed by atoms with van der Waals surface area (Å²) in [5.41, 5.74) is -0.306. The second-order valence-corrected chi connectivity index (χ2v) is 4.59. The fraction of sp³-hybridized carbons (Fsp3) is 0.909. The molecule has 0 aliphatic rings. The molecule has 0 rings (SSSR count). The number of carbonyl (C=O) groups is 1. The average Bonchev–Trinajstić information content (AvgIpc) is 2.23. The smallest absolute Gasteiger partial charge is 0.228 e. The molecule has 1 amide bonds. The Morgan fingerprint density at radius 3 is 2.40 bits per heavy atom. The van der Waals surface area contributed by atoms with Crippen LogP contribution in [0.3, 0.4) is 0 Å². The number of halogens is 1. The van der Waals surface area contributed by atoms with Crippen LogP contribution in [0.25, 0.3) is 0 Å². The maximum absolute atomic E-state index is 12.1. The van der Waals surface area contributed by atoms with Crippen molar-refractivity contribution in [2.75, 3.05) is 32.7 Å². The molecule has 0 spiro atoms. The normalized spacial score (nSPS) is 11.5. The molecule has 3 nitrogen and oxygen atoms in total. The fourth-order valence-corrected chi connectivity index (χ4v) is 1.40. The highest BCUT2D eigenvalue weighted by molar-refractivity contribution is 6.18. The maximum Gasteiger partial charge on any atom is 0.228 e. The van der Waals surface area contributed by atoms with Crippen LogP contribution in [0.2, 0.25) is 0 Å². The molecule has 0 heterocycles. The summed E-state index contributed by atoms with van der Waals surface area (Å²) in [4.78, 5) is 13.9. The van der Waals surface area contributed by atoms with Crippen molar-refractivity contribution in [3.05, 3.63) is 0 Å².